The van der Waals surface area contributed by atoms with Crippen LogP contribution in [-0.4, -0.2) is 6.61 Å². The summed E-state index contributed by atoms with van der Waals surface area (Å²) in [4.78, 5) is 12.0. The lowest BCUT2D eigenvalue weighted by Crippen LogP contribution is -2.09. The van der Waals surface area contributed by atoms with Gasteiger partial charge in [0.05, 0.1) is 0 Å². The molecule has 1 heterocycles. The van der Waals surface area contributed by atoms with Crippen molar-refractivity contribution >= 4 is 11.0 Å². The highest BCUT2D eigenvalue weighted by Gasteiger charge is 2.13. The number of hydrogen-bond acceptors (Lipinski definition) is 3. The zero-order chi connectivity index (χ0) is 15.6. The van der Waals surface area contributed by atoms with Crippen molar-refractivity contribution in [1.29, 1.82) is 0 Å². The van der Waals surface area contributed by atoms with E-state index in [9.17, 15) is 4.79 Å². The van der Waals surface area contributed by atoms with Gasteiger partial charge in [-0.15, -0.1) is 0 Å². The van der Waals surface area contributed by atoms with E-state index in [0.717, 1.165) is 27.8 Å². The molecule has 112 valence electrons. The van der Waals surface area contributed by atoms with Gasteiger partial charge in [-0.3, -0.25) is 0 Å². The molecule has 0 unspecified atom stereocenters. The van der Waals surface area contributed by atoms with E-state index in [1.54, 1.807) is 0 Å². The highest BCUT2D eigenvalue weighted by atomic mass is 16.5. The van der Waals surface area contributed by atoms with Gasteiger partial charge in [-0.1, -0.05) is 12.5 Å². The van der Waals surface area contributed by atoms with Crippen molar-refractivity contribution in [2.75, 3.05) is 6.61 Å². The first-order chi connectivity index (χ1) is 9.95. The Labute approximate surface area is 125 Å². The molecule has 0 aliphatic rings. The zero-order valence-electron chi connectivity index (χ0n) is 13.4. The summed E-state index contributed by atoms with van der Waals surface area (Å²) >= 11 is 0. The van der Waals surface area contributed by atoms with E-state index in [1.165, 1.54) is 5.57 Å². The normalized spacial score (nSPS) is 10.7. The van der Waals surface area contributed by atoms with Gasteiger partial charge in [-0.25, -0.2) is 4.79 Å². The Morgan fingerprint density at radius 3 is 2.57 bits per heavy atom. The Hall–Kier alpha value is -2.03. The van der Waals surface area contributed by atoms with E-state index in [2.05, 4.69) is 0 Å². The molecule has 1 aromatic heterocycles. The van der Waals surface area contributed by atoms with Crippen molar-refractivity contribution in [3.8, 4) is 5.75 Å². The molecule has 0 fully saturated rings. The molecule has 0 aliphatic heterocycles. The maximum Gasteiger partial charge on any atom is 0.339 e. The fraction of sp³-hybridized carbons (Fsp3) is 0.389. The predicted octanol–water partition coefficient (Wildman–Crippen LogP) is 4.32. The lowest BCUT2D eigenvalue weighted by atomic mass is 10.0. The highest BCUT2D eigenvalue weighted by Crippen LogP contribution is 2.29. The first-order valence-corrected chi connectivity index (χ1v) is 7.27. The van der Waals surface area contributed by atoms with Crippen molar-refractivity contribution in [3.05, 3.63) is 50.9 Å². The van der Waals surface area contributed by atoms with Crippen molar-refractivity contribution in [2.24, 2.45) is 0 Å². The van der Waals surface area contributed by atoms with Crippen molar-refractivity contribution in [1.82, 2.24) is 0 Å². The van der Waals surface area contributed by atoms with Gasteiger partial charge in [0.2, 0.25) is 0 Å². The molecule has 0 aliphatic carbocycles. The van der Waals surface area contributed by atoms with E-state index < -0.39 is 0 Å². The second kappa shape index (κ2) is 6.17. The average Bonchev–Trinajstić information content (AvgIpc) is 2.42. The van der Waals surface area contributed by atoms with Crippen LogP contribution < -0.4 is 10.4 Å². The third-order valence-electron chi connectivity index (χ3n) is 3.74. The molecule has 21 heavy (non-hydrogen) atoms. The van der Waals surface area contributed by atoms with E-state index in [1.807, 2.05) is 52.8 Å². The summed E-state index contributed by atoms with van der Waals surface area (Å²) in [5, 5.41) is 0.985. The Bertz CT molecular complexity index is 747. The van der Waals surface area contributed by atoms with Crippen LogP contribution in [0.5, 0.6) is 5.75 Å². The first kappa shape index (κ1) is 15.4. The second-order valence-corrected chi connectivity index (χ2v) is 5.50. The number of fused-ring (bicyclic) bond motifs is 1. The number of hydrogen-bond donors (Lipinski definition) is 0. The van der Waals surface area contributed by atoms with Gasteiger partial charge in [-0.05, 0) is 57.9 Å². The minimum Gasteiger partial charge on any atom is -0.489 e. The summed E-state index contributed by atoms with van der Waals surface area (Å²) in [6.07, 6.45) is 2.70. The van der Waals surface area contributed by atoms with E-state index in [-0.39, 0.29) is 5.63 Å². The largest absolute Gasteiger partial charge is 0.489 e. The fourth-order valence-corrected chi connectivity index (χ4v) is 2.43. The fourth-order valence-electron chi connectivity index (χ4n) is 2.43. The molecule has 3 heteroatoms. The Morgan fingerprint density at radius 1 is 1.24 bits per heavy atom. The van der Waals surface area contributed by atoms with Gasteiger partial charge in [-0.2, -0.15) is 0 Å². The molecule has 3 nitrogen and oxygen atoms in total. The maximum absolute atomic E-state index is 12.0. The van der Waals surface area contributed by atoms with Crippen LogP contribution in [0, 0.1) is 13.8 Å². The molecule has 0 saturated heterocycles. The molecule has 0 amide bonds. The summed E-state index contributed by atoms with van der Waals surface area (Å²) in [5.41, 5.74) is 4.22. The zero-order valence-corrected chi connectivity index (χ0v) is 13.4. The van der Waals surface area contributed by atoms with Gasteiger partial charge in [0.25, 0.3) is 0 Å². The highest BCUT2D eigenvalue weighted by molar-refractivity contribution is 5.85. The topological polar surface area (TPSA) is 39.4 Å². The summed E-state index contributed by atoms with van der Waals surface area (Å²) in [6, 6.07) is 3.92. The summed E-state index contributed by atoms with van der Waals surface area (Å²) in [5.74, 6) is 0.756. The SMILES string of the molecule is CCc1c(C)c2ccc(OCC=C(C)C)c(C)c2oc1=O. The number of rotatable bonds is 4. The van der Waals surface area contributed by atoms with E-state index >= 15 is 0 Å². The molecule has 0 saturated carbocycles. The monoisotopic (exact) mass is 286 g/mol. The van der Waals surface area contributed by atoms with Gasteiger partial charge in [0, 0.05) is 16.5 Å². The molecule has 0 bridgehead atoms. The molecule has 0 atom stereocenters. The van der Waals surface area contributed by atoms with Crippen LogP contribution in [0.1, 0.15) is 37.5 Å². The van der Waals surface area contributed by atoms with Crippen LogP contribution in [0.2, 0.25) is 0 Å². The first-order valence-electron chi connectivity index (χ1n) is 7.27. The van der Waals surface area contributed by atoms with Crippen molar-refractivity contribution in [2.45, 2.75) is 41.0 Å². The van der Waals surface area contributed by atoms with E-state index in [4.69, 9.17) is 9.15 Å². The molecule has 0 N–H and O–H groups in total. The number of aryl methyl sites for hydroxylation is 2. The molecular formula is C18H22O3. The molecule has 1 aromatic carbocycles. The third-order valence-corrected chi connectivity index (χ3v) is 3.74. The molecule has 2 rings (SSSR count). The molecular weight excluding hydrogens is 264 g/mol. The second-order valence-electron chi connectivity index (χ2n) is 5.50. The van der Waals surface area contributed by atoms with Crippen LogP contribution in [0.3, 0.4) is 0 Å². The minimum absolute atomic E-state index is 0.243. The lowest BCUT2D eigenvalue weighted by molar-refractivity contribution is 0.359. The number of ether oxygens (including phenoxy) is 1. The minimum atomic E-state index is -0.243. The van der Waals surface area contributed by atoms with Crippen molar-refractivity contribution in [3.63, 3.8) is 0 Å². The van der Waals surface area contributed by atoms with E-state index in [0.29, 0.717) is 18.6 Å². The van der Waals surface area contributed by atoms with Crippen LogP contribution in [0.25, 0.3) is 11.0 Å². The predicted molar refractivity (Wildman–Crippen MR) is 86.3 cm³/mol. The third kappa shape index (κ3) is 3.02. The smallest absolute Gasteiger partial charge is 0.339 e. The van der Waals surface area contributed by atoms with Crippen LogP contribution in [-0.2, 0) is 6.42 Å². The Morgan fingerprint density at radius 2 is 1.95 bits per heavy atom. The lowest BCUT2D eigenvalue weighted by Gasteiger charge is -2.12. The van der Waals surface area contributed by atoms with Crippen LogP contribution in [0.15, 0.2) is 33.0 Å². The molecule has 0 radical (unpaired) electrons. The standard InChI is InChI=1S/C18H22O3/c1-6-14-12(4)15-7-8-16(20-10-9-11(2)3)13(5)17(15)21-18(14)19/h7-9H,6,10H2,1-5H3. The van der Waals surface area contributed by atoms with Gasteiger partial charge >= 0.3 is 5.63 Å². The van der Waals surface area contributed by atoms with Gasteiger partial charge in [0.15, 0.2) is 0 Å². The maximum atomic E-state index is 12.0. The quantitative estimate of drug-likeness (QED) is 0.621. The average molecular weight is 286 g/mol. The van der Waals surface area contributed by atoms with Crippen LogP contribution in [0.4, 0.5) is 0 Å². The Kier molecular flexibility index (Phi) is 4.51. The molecule has 2 aromatic rings. The van der Waals surface area contributed by atoms with Crippen LogP contribution >= 0.6 is 0 Å². The Balaban J connectivity index is 2.52. The summed E-state index contributed by atoms with van der Waals surface area (Å²) in [6.45, 7) is 10.5. The molecule has 0 spiro atoms. The summed E-state index contributed by atoms with van der Waals surface area (Å²) < 4.78 is 11.3. The number of allylic oxidation sites excluding steroid dienone is 1. The number of benzene rings is 1. The van der Waals surface area contributed by atoms with Gasteiger partial charge in [0.1, 0.15) is 17.9 Å². The van der Waals surface area contributed by atoms with Gasteiger partial charge < -0.3 is 9.15 Å². The van der Waals surface area contributed by atoms with Crippen molar-refractivity contribution < 1.29 is 9.15 Å². The summed E-state index contributed by atoms with van der Waals surface area (Å²) in [7, 11) is 0.